The Balaban J connectivity index is 1.89. The Morgan fingerprint density at radius 2 is 1.39 bits per heavy atom. The number of hydrogen-bond acceptors (Lipinski definition) is 2. The molecule has 0 bridgehead atoms. The van der Waals surface area contributed by atoms with E-state index in [2.05, 4.69) is 84.4 Å². The molecular formula is C21H22N2. The standard InChI is InChI=1S/C21H22N2/c1-17-10-12-20(13-11-17)16-23(15-19-8-4-3-5-9-19)21-18(2)7-6-14-22-21/h3-14H,15-16H2,1-2H3. The number of rotatable bonds is 5. The maximum absolute atomic E-state index is 4.61. The van der Waals surface area contributed by atoms with Gasteiger partial charge in [0.05, 0.1) is 0 Å². The second kappa shape index (κ2) is 7.10. The van der Waals surface area contributed by atoms with Crippen LogP contribution in [-0.4, -0.2) is 4.98 Å². The van der Waals surface area contributed by atoms with Crippen molar-refractivity contribution < 1.29 is 0 Å². The second-order valence-corrected chi connectivity index (χ2v) is 5.97. The molecular weight excluding hydrogens is 280 g/mol. The number of anilines is 1. The van der Waals surface area contributed by atoms with E-state index in [1.54, 1.807) is 0 Å². The van der Waals surface area contributed by atoms with Crippen molar-refractivity contribution in [2.75, 3.05) is 4.90 Å². The maximum atomic E-state index is 4.61. The molecule has 0 N–H and O–H groups in total. The minimum atomic E-state index is 0.854. The third-order valence-electron chi connectivity index (χ3n) is 3.99. The summed E-state index contributed by atoms with van der Waals surface area (Å²) in [5, 5.41) is 0. The summed E-state index contributed by atoms with van der Waals surface area (Å²) in [4.78, 5) is 6.96. The van der Waals surface area contributed by atoms with Gasteiger partial charge in [0.25, 0.3) is 0 Å². The van der Waals surface area contributed by atoms with Gasteiger partial charge in [0, 0.05) is 19.3 Å². The molecule has 0 aliphatic heterocycles. The van der Waals surface area contributed by atoms with Gasteiger partial charge in [-0.2, -0.15) is 0 Å². The monoisotopic (exact) mass is 302 g/mol. The average molecular weight is 302 g/mol. The zero-order chi connectivity index (χ0) is 16.1. The van der Waals surface area contributed by atoms with Gasteiger partial charge < -0.3 is 4.90 Å². The van der Waals surface area contributed by atoms with E-state index in [1.165, 1.54) is 22.3 Å². The zero-order valence-electron chi connectivity index (χ0n) is 13.7. The lowest BCUT2D eigenvalue weighted by Crippen LogP contribution is -2.24. The van der Waals surface area contributed by atoms with Gasteiger partial charge in [0.2, 0.25) is 0 Å². The van der Waals surface area contributed by atoms with Gasteiger partial charge in [0.15, 0.2) is 0 Å². The second-order valence-electron chi connectivity index (χ2n) is 5.97. The number of benzene rings is 2. The van der Waals surface area contributed by atoms with E-state index >= 15 is 0 Å². The molecule has 1 heterocycles. The lowest BCUT2D eigenvalue weighted by molar-refractivity contribution is 0.779. The molecule has 0 saturated carbocycles. The highest BCUT2D eigenvalue weighted by molar-refractivity contribution is 5.47. The third kappa shape index (κ3) is 3.98. The Labute approximate surface area is 138 Å². The van der Waals surface area contributed by atoms with Crippen molar-refractivity contribution >= 4 is 5.82 Å². The molecule has 0 aliphatic rings. The first-order valence-corrected chi connectivity index (χ1v) is 7.98. The van der Waals surface area contributed by atoms with Gasteiger partial charge in [-0.3, -0.25) is 0 Å². The molecule has 2 nitrogen and oxygen atoms in total. The molecule has 23 heavy (non-hydrogen) atoms. The topological polar surface area (TPSA) is 16.1 Å². The van der Waals surface area contributed by atoms with Gasteiger partial charge in [0.1, 0.15) is 5.82 Å². The fourth-order valence-electron chi connectivity index (χ4n) is 2.73. The molecule has 0 amide bonds. The van der Waals surface area contributed by atoms with Crippen molar-refractivity contribution in [2.45, 2.75) is 26.9 Å². The number of aryl methyl sites for hydroxylation is 2. The number of hydrogen-bond donors (Lipinski definition) is 0. The third-order valence-corrected chi connectivity index (χ3v) is 3.99. The highest BCUT2D eigenvalue weighted by atomic mass is 15.2. The van der Waals surface area contributed by atoms with Gasteiger partial charge >= 0.3 is 0 Å². The summed E-state index contributed by atoms with van der Waals surface area (Å²) < 4.78 is 0. The van der Waals surface area contributed by atoms with Crippen LogP contribution in [-0.2, 0) is 13.1 Å². The van der Waals surface area contributed by atoms with E-state index in [0.717, 1.165) is 18.9 Å². The van der Waals surface area contributed by atoms with Crippen molar-refractivity contribution in [1.29, 1.82) is 0 Å². The van der Waals surface area contributed by atoms with Crippen molar-refractivity contribution in [3.63, 3.8) is 0 Å². The van der Waals surface area contributed by atoms with Crippen LogP contribution >= 0.6 is 0 Å². The molecule has 116 valence electrons. The van der Waals surface area contributed by atoms with Crippen molar-refractivity contribution in [3.05, 3.63) is 95.2 Å². The molecule has 2 aromatic carbocycles. The van der Waals surface area contributed by atoms with Crippen LogP contribution in [0.15, 0.2) is 72.9 Å². The van der Waals surface area contributed by atoms with Crippen LogP contribution in [0.25, 0.3) is 0 Å². The van der Waals surface area contributed by atoms with Gasteiger partial charge in [-0.05, 0) is 36.6 Å². The first-order valence-electron chi connectivity index (χ1n) is 7.98. The van der Waals surface area contributed by atoms with Crippen LogP contribution in [0.2, 0.25) is 0 Å². The molecule has 3 aromatic rings. The van der Waals surface area contributed by atoms with Crippen molar-refractivity contribution in [2.24, 2.45) is 0 Å². The quantitative estimate of drug-likeness (QED) is 0.666. The largest absolute Gasteiger partial charge is 0.348 e. The summed E-state index contributed by atoms with van der Waals surface area (Å²) in [6.45, 7) is 5.95. The van der Waals surface area contributed by atoms with E-state index < -0.39 is 0 Å². The first-order chi connectivity index (χ1) is 11.2. The molecule has 1 aromatic heterocycles. The highest BCUT2D eigenvalue weighted by Gasteiger charge is 2.12. The number of pyridine rings is 1. The average Bonchev–Trinajstić information content (AvgIpc) is 2.58. The number of aromatic nitrogens is 1. The Morgan fingerprint density at radius 1 is 0.739 bits per heavy atom. The van der Waals surface area contributed by atoms with Crippen LogP contribution in [0.3, 0.4) is 0 Å². The van der Waals surface area contributed by atoms with E-state index in [9.17, 15) is 0 Å². The summed E-state index contributed by atoms with van der Waals surface area (Å²) >= 11 is 0. The highest BCUT2D eigenvalue weighted by Crippen LogP contribution is 2.21. The molecule has 0 unspecified atom stereocenters. The Hall–Kier alpha value is -2.61. The van der Waals surface area contributed by atoms with Gasteiger partial charge in [-0.1, -0.05) is 66.2 Å². The molecule has 0 aliphatic carbocycles. The Morgan fingerprint density at radius 3 is 2.04 bits per heavy atom. The lowest BCUT2D eigenvalue weighted by Gasteiger charge is -2.25. The normalized spacial score (nSPS) is 10.5. The molecule has 0 spiro atoms. The van der Waals surface area contributed by atoms with Crippen LogP contribution < -0.4 is 4.90 Å². The summed E-state index contributed by atoms with van der Waals surface area (Å²) in [6.07, 6.45) is 1.87. The van der Waals surface area contributed by atoms with Crippen LogP contribution in [0.5, 0.6) is 0 Å². The van der Waals surface area contributed by atoms with E-state index in [0.29, 0.717) is 0 Å². The lowest BCUT2D eigenvalue weighted by atomic mass is 10.1. The molecule has 2 heteroatoms. The molecule has 0 radical (unpaired) electrons. The van der Waals surface area contributed by atoms with Crippen LogP contribution in [0.1, 0.15) is 22.3 Å². The summed E-state index contributed by atoms with van der Waals surface area (Å²) in [6, 6.07) is 23.4. The summed E-state index contributed by atoms with van der Waals surface area (Å²) in [7, 11) is 0. The van der Waals surface area contributed by atoms with Crippen molar-refractivity contribution in [1.82, 2.24) is 4.98 Å². The molecule has 0 saturated heterocycles. The fourth-order valence-corrected chi connectivity index (χ4v) is 2.73. The molecule has 0 atom stereocenters. The SMILES string of the molecule is Cc1ccc(CN(Cc2ccccc2)c2ncccc2C)cc1. The molecule has 3 rings (SSSR count). The minimum Gasteiger partial charge on any atom is -0.348 e. The van der Waals surface area contributed by atoms with Crippen molar-refractivity contribution in [3.8, 4) is 0 Å². The summed E-state index contributed by atoms with van der Waals surface area (Å²) in [5.74, 6) is 1.05. The molecule has 0 fully saturated rings. The fraction of sp³-hybridized carbons (Fsp3) is 0.190. The number of nitrogens with zero attached hydrogens (tertiary/aromatic N) is 2. The van der Waals surface area contributed by atoms with Crippen LogP contribution in [0.4, 0.5) is 5.82 Å². The predicted octanol–water partition coefficient (Wildman–Crippen LogP) is 4.91. The Bertz CT molecular complexity index is 748. The zero-order valence-corrected chi connectivity index (χ0v) is 13.7. The smallest absolute Gasteiger partial charge is 0.132 e. The Kier molecular flexibility index (Phi) is 4.72. The maximum Gasteiger partial charge on any atom is 0.132 e. The van der Waals surface area contributed by atoms with E-state index in [-0.39, 0.29) is 0 Å². The summed E-state index contributed by atoms with van der Waals surface area (Å²) in [5.41, 5.74) is 5.09. The predicted molar refractivity (Wildman–Crippen MR) is 96.5 cm³/mol. The van der Waals surface area contributed by atoms with Crippen LogP contribution in [0, 0.1) is 13.8 Å². The van der Waals surface area contributed by atoms with E-state index in [4.69, 9.17) is 0 Å². The van der Waals surface area contributed by atoms with Gasteiger partial charge in [-0.25, -0.2) is 4.98 Å². The minimum absolute atomic E-state index is 0.854. The van der Waals surface area contributed by atoms with E-state index in [1.807, 2.05) is 12.3 Å². The van der Waals surface area contributed by atoms with Gasteiger partial charge in [-0.15, -0.1) is 0 Å². The first kappa shape index (κ1) is 15.3.